The number of hydrogen-bond acceptors (Lipinski definition) is 4. The maximum atomic E-state index is 10.9. The third-order valence-corrected chi connectivity index (χ3v) is 3.18. The molecule has 0 aromatic carbocycles. The van der Waals surface area contributed by atoms with Crippen LogP contribution in [0.25, 0.3) is 0 Å². The van der Waals surface area contributed by atoms with E-state index in [4.69, 9.17) is 5.14 Å². The highest BCUT2D eigenvalue weighted by molar-refractivity contribution is 7.89. The van der Waals surface area contributed by atoms with Crippen molar-refractivity contribution in [1.82, 2.24) is 9.97 Å². The van der Waals surface area contributed by atoms with Gasteiger partial charge in [0.25, 0.3) is 0 Å². The van der Waals surface area contributed by atoms with Gasteiger partial charge >= 0.3 is 0 Å². The quantitative estimate of drug-likeness (QED) is 0.769. The Balaban J connectivity index is 2.75. The highest BCUT2D eigenvalue weighted by atomic mass is 32.2. The molecule has 1 aromatic rings. The Kier molecular flexibility index (Phi) is 3.17. The van der Waals surface area contributed by atoms with Crippen molar-refractivity contribution < 1.29 is 8.42 Å². The van der Waals surface area contributed by atoms with E-state index in [1.165, 1.54) is 0 Å². The lowest BCUT2D eigenvalue weighted by molar-refractivity contribution is 0.583. The summed E-state index contributed by atoms with van der Waals surface area (Å²) in [5, 5.41) is 4.36. The minimum Gasteiger partial charge on any atom is -0.258 e. The second kappa shape index (κ2) is 4.02. The number of hydrogen-bond donors (Lipinski definition) is 1. The summed E-state index contributed by atoms with van der Waals surface area (Å²) in [4.78, 5) is 8.07. The molecule has 5 nitrogen and oxygen atoms in total. The molecule has 0 radical (unpaired) electrons. The maximum absolute atomic E-state index is 10.9. The molecule has 1 unspecified atom stereocenters. The Morgan fingerprint density at radius 1 is 1.43 bits per heavy atom. The first-order chi connectivity index (χ1) is 6.39. The molecule has 1 rings (SSSR count). The monoisotopic (exact) mass is 215 g/mol. The van der Waals surface area contributed by atoms with Crippen molar-refractivity contribution in [2.45, 2.75) is 25.5 Å². The average Bonchev–Trinajstić information content (AvgIpc) is 2.07. The van der Waals surface area contributed by atoms with Crippen LogP contribution in [-0.2, 0) is 16.4 Å². The molecule has 1 heterocycles. The zero-order valence-corrected chi connectivity index (χ0v) is 8.95. The minimum atomic E-state index is -3.48. The fourth-order valence-electron chi connectivity index (χ4n) is 0.935. The lowest BCUT2D eigenvalue weighted by Crippen LogP contribution is -2.27. The molecular weight excluding hydrogens is 202 g/mol. The van der Waals surface area contributed by atoms with Crippen LogP contribution in [0.1, 0.15) is 18.3 Å². The van der Waals surface area contributed by atoms with Crippen molar-refractivity contribution in [3.05, 3.63) is 23.8 Å². The lowest BCUT2D eigenvalue weighted by atomic mass is 10.2. The third-order valence-electron chi connectivity index (χ3n) is 1.89. The fraction of sp³-hybridized carbons (Fsp3) is 0.500. The molecule has 0 bridgehead atoms. The number of aromatic nitrogens is 2. The molecule has 0 saturated heterocycles. The lowest BCUT2D eigenvalue weighted by Gasteiger charge is -2.07. The Morgan fingerprint density at radius 2 is 2.07 bits per heavy atom. The summed E-state index contributed by atoms with van der Waals surface area (Å²) in [5.41, 5.74) is 1.44. The molecule has 6 heteroatoms. The van der Waals surface area contributed by atoms with Crippen LogP contribution >= 0.6 is 0 Å². The zero-order chi connectivity index (χ0) is 10.8. The topological polar surface area (TPSA) is 85.9 Å². The van der Waals surface area contributed by atoms with E-state index < -0.39 is 15.3 Å². The predicted molar refractivity (Wildman–Crippen MR) is 53.0 cm³/mol. The van der Waals surface area contributed by atoms with Crippen LogP contribution in [0.3, 0.4) is 0 Å². The van der Waals surface area contributed by atoms with Gasteiger partial charge in [0, 0.05) is 18.8 Å². The Morgan fingerprint density at radius 3 is 2.50 bits per heavy atom. The van der Waals surface area contributed by atoms with Gasteiger partial charge in [0.15, 0.2) is 0 Å². The van der Waals surface area contributed by atoms with Crippen molar-refractivity contribution in [1.29, 1.82) is 0 Å². The Hall–Kier alpha value is -1.01. The number of nitrogens with two attached hydrogens (primary N) is 1. The number of aryl methyl sites for hydroxylation is 1. The standard InChI is InChI=1S/C8H13N3O2S/c1-6-4-11-8(5-10-6)3-7(2)14(9,12)13/h4-5,7H,3H2,1-2H3,(H2,9,12,13). The van der Waals surface area contributed by atoms with Crippen molar-refractivity contribution >= 4 is 10.0 Å². The summed E-state index contributed by atoms with van der Waals surface area (Å²) >= 11 is 0. The van der Waals surface area contributed by atoms with E-state index in [2.05, 4.69) is 9.97 Å². The molecule has 1 atom stereocenters. The number of nitrogens with zero attached hydrogens (tertiary/aromatic N) is 2. The van der Waals surface area contributed by atoms with Crippen LogP contribution < -0.4 is 5.14 Å². The molecule has 0 amide bonds. The van der Waals surface area contributed by atoms with Gasteiger partial charge in [-0.05, 0) is 13.8 Å². The van der Waals surface area contributed by atoms with Crippen molar-refractivity contribution in [3.63, 3.8) is 0 Å². The summed E-state index contributed by atoms with van der Waals surface area (Å²) in [5.74, 6) is 0. The zero-order valence-electron chi connectivity index (χ0n) is 8.14. The molecule has 1 aromatic heterocycles. The molecule has 0 aliphatic carbocycles. The van der Waals surface area contributed by atoms with E-state index in [9.17, 15) is 8.42 Å². The van der Waals surface area contributed by atoms with Gasteiger partial charge in [0.1, 0.15) is 0 Å². The fourth-order valence-corrected chi connectivity index (χ4v) is 1.34. The maximum Gasteiger partial charge on any atom is 0.212 e. The average molecular weight is 215 g/mol. The molecule has 78 valence electrons. The summed E-state index contributed by atoms with van der Waals surface area (Å²) < 4.78 is 21.9. The van der Waals surface area contributed by atoms with Crippen molar-refractivity contribution in [2.24, 2.45) is 5.14 Å². The second-order valence-corrected chi connectivity index (χ2v) is 5.24. The van der Waals surface area contributed by atoms with Crippen LogP contribution in [0, 0.1) is 6.92 Å². The molecule has 0 aliphatic heterocycles. The molecule has 2 N–H and O–H groups in total. The summed E-state index contributed by atoms with van der Waals surface area (Å²) in [6.45, 7) is 3.37. The first-order valence-electron chi connectivity index (χ1n) is 4.18. The largest absolute Gasteiger partial charge is 0.258 e. The van der Waals surface area contributed by atoms with Gasteiger partial charge in [-0.25, -0.2) is 13.6 Å². The number of sulfonamides is 1. The first kappa shape index (κ1) is 11.1. The molecule has 14 heavy (non-hydrogen) atoms. The Labute approximate surface area is 83.4 Å². The highest BCUT2D eigenvalue weighted by Crippen LogP contribution is 2.04. The summed E-state index contributed by atoms with van der Waals surface area (Å²) in [6.07, 6.45) is 3.47. The van der Waals surface area contributed by atoms with Gasteiger partial charge in [-0.15, -0.1) is 0 Å². The van der Waals surface area contributed by atoms with Gasteiger partial charge in [-0.2, -0.15) is 0 Å². The number of rotatable bonds is 3. The van der Waals surface area contributed by atoms with Gasteiger partial charge in [0.2, 0.25) is 10.0 Å². The van der Waals surface area contributed by atoms with E-state index in [-0.39, 0.29) is 0 Å². The third kappa shape index (κ3) is 3.04. The van der Waals surface area contributed by atoms with Crippen LogP contribution in [-0.4, -0.2) is 23.6 Å². The predicted octanol–water partition coefficient (Wildman–Crippen LogP) is 0.00452. The van der Waals surface area contributed by atoms with Crippen LogP contribution in [0.5, 0.6) is 0 Å². The number of primary sulfonamides is 1. The Bertz CT molecular complexity index is 399. The molecule has 0 spiro atoms. The highest BCUT2D eigenvalue weighted by Gasteiger charge is 2.16. The van der Waals surface area contributed by atoms with Gasteiger partial charge in [-0.1, -0.05) is 0 Å². The van der Waals surface area contributed by atoms with E-state index in [1.807, 2.05) is 6.92 Å². The van der Waals surface area contributed by atoms with E-state index >= 15 is 0 Å². The van der Waals surface area contributed by atoms with Gasteiger partial charge < -0.3 is 0 Å². The smallest absolute Gasteiger partial charge is 0.212 e. The second-order valence-electron chi connectivity index (χ2n) is 3.25. The first-order valence-corrected chi connectivity index (χ1v) is 5.79. The van der Waals surface area contributed by atoms with E-state index in [1.54, 1.807) is 19.3 Å². The van der Waals surface area contributed by atoms with E-state index in [0.717, 1.165) is 5.69 Å². The van der Waals surface area contributed by atoms with Crippen molar-refractivity contribution in [3.8, 4) is 0 Å². The van der Waals surface area contributed by atoms with Gasteiger partial charge in [0.05, 0.1) is 16.6 Å². The summed E-state index contributed by atoms with van der Waals surface area (Å²) in [7, 11) is -3.48. The normalized spacial score (nSPS) is 13.9. The van der Waals surface area contributed by atoms with E-state index in [0.29, 0.717) is 12.1 Å². The molecule has 0 saturated carbocycles. The molecule has 0 fully saturated rings. The van der Waals surface area contributed by atoms with Gasteiger partial charge in [-0.3, -0.25) is 9.97 Å². The minimum absolute atomic E-state index is 0.298. The molecular formula is C8H13N3O2S. The van der Waals surface area contributed by atoms with Crippen LogP contribution in [0.15, 0.2) is 12.4 Å². The van der Waals surface area contributed by atoms with Crippen molar-refractivity contribution in [2.75, 3.05) is 0 Å². The van der Waals surface area contributed by atoms with Crippen LogP contribution in [0.2, 0.25) is 0 Å². The molecule has 0 aliphatic rings. The SMILES string of the molecule is Cc1cnc(CC(C)S(N)(=O)=O)cn1. The van der Waals surface area contributed by atoms with Crippen LogP contribution in [0.4, 0.5) is 0 Å². The summed E-state index contributed by atoms with van der Waals surface area (Å²) in [6, 6.07) is 0.